The zero-order valence-electron chi connectivity index (χ0n) is 13.6. The van der Waals surface area contributed by atoms with Gasteiger partial charge >= 0.3 is 0 Å². The third-order valence-corrected chi connectivity index (χ3v) is 4.62. The number of ether oxygens (including phenoxy) is 2. The fourth-order valence-electron chi connectivity index (χ4n) is 2.38. The van der Waals surface area contributed by atoms with Crippen LogP contribution in [0.1, 0.15) is 11.1 Å². The Morgan fingerprint density at radius 3 is 2.69 bits per heavy atom. The van der Waals surface area contributed by atoms with Crippen LogP contribution in [0.25, 0.3) is 6.08 Å². The van der Waals surface area contributed by atoms with Crippen molar-refractivity contribution in [2.75, 3.05) is 7.11 Å². The summed E-state index contributed by atoms with van der Waals surface area (Å²) in [4.78, 5) is 11.8. The van der Waals surface area contributed by atoms with Gasteiger partial charge in [-0.2, -0.15) is 0 Å². The lowest BCUT2D eigenvalue weighted by atomic mass is 10.1. The van der Waals surface area contributed by atoms with Crippen LogP contribution in [-0.2, 0) is 11.4 Å². The Labute approximate surface area is 168 Å². The highest BCUT2D eigenvalue weighted by Gasteiger charge is 2.20. The van der Waals surface area contributed by atoms with E-state index in [2.05, 4.69) is 33.2 Å². The van der Waals surface area contributed by atoms with Crippen molar-refractivity contribution >= 4 is 51.9 Å². The highest BCUT2D eigenvalue weighted by molar-refractivity contribution is 14.1. The number of halogens is 2. The van der Waals surface area contributed by atoms with Gasteiger partial charge in [-0.25, -0.2) is 4.39 Å². The van der Waals surface area contributed by atoms with Crippen LogP contribution in [0.3, 0.4) is 0 Å². The molecule has 2 aromatic carbocycles. The molecule has 1 amide bonds. The lowest BCUT2D eigenvalue weighted by Crippen LogP contribution is -2.21. The summed E-state index contributed by atoms with van der Waals surface area (Å²) < 4.78 is 25.7. The number of carbonyl (C=O) groups excluding carboxylic acids is 1. The first-order valence-electron chi connectivity index (χ1n) is 7.55. The van der Waals surface area contributed by atoms with Crippen molar-refractivity contribution in [3.8, 4) is 11.5 Å². The van der Waals surface area contributed by atoms with E-state index in [4.69, 9.17) is 21.7 Å². The van der Waals surface area contributed by atoms with E-state index in [1.165, 1.54) is 13.2 Å². The molecule has 2 N–H and O–H groups in total. The molecule has 0 aliphatic carbocycles. The Morgan fingerprint density at radius 2 is 2.04 bits per heavy atom. The number of benzene rings is 2. The molecule has 3 rings (SSSR count). The van der Waals surface area contributed by atoms with E-state index in [1.54, 1.807) is 30.3 Å². The SMILES string of the molecule is COc1cc(/C=C2/NC(=S)NC2=O)cc(I)c1OCc1ccccc1F. The van der Waals surface area contributed by atoms with Crippen LogP contribution in [-0.4, -0.2) is 18.1 Å². The first kappa shape index (κ1) is 18.6. The topological polar surface area (TPSA) is 59.6 Å². The minimum atomic E-state index is -0.322. The summed E-state index contributed by atoms with van der Waals surface area (Å²) in [6, 6.07) is 10.0. The molecule has 0 unspecified atom stereocenters. The molecule has 5 nitrogen and oxygen atoms in total. The van der Waals surface area contributed by atoms with Crippen LogP contribution in [0, 0.1) is 9.39 Å². The fraction of sp³-hybridized carbons (Fsp3) is 0.111. The highest BCUT2D eigenvalue weighted by atomic mass is 127. The summed E-state index contributed by atoms with van der Waals surface area (Å²) in [5, 5.41) is 5.57. The van der Waals surface area contributed by atoms with E-state index in [0.717, 1.165) is 9.13 Å². The average Bonchev–Trinajstić information content (AvgIpc) is 2.92. The number of nitrogens with one attached hydrogen (secondary N) is 2. The van der Waals surface area contributed by atoms with Crippen molar-refractivity contribution in [2.45, 2.75) is 6.61 Å². The lowest BCUT2D eigenvalue weighted by molar-refractivity contribution is -0.115. The van der Waals surface area contributed by atoms with Crippen LogP contribution in [0.5, 0.6) is 11.5 Å². The van der Waals surface area contributed by atoms with Crippen molar-refractivity contribution in [3.05, 3.63) is 62.6 Å². The molecular weight excluding hydrogens is 470 g/mol. The van der Waals surface area contributed by atoms with Crippen LogP contribution in [0.15, 0.2) is 42.1 Å². The zero-order valence-corrected chi connectivity index (χ0v) is 16.6. The summed E-state index contributed by atoms with van der Waals surface area (Å²) in [5.74, 6) is 0.389. The number of hydrogen-bond donors (Lipinski definition) is 2. The number of carbonyl (C=O) groups is 1. The van der Waals surface area contributed by atoms with Gasteiger partial charge in [0.25, 0.3) is 5.91 Å². The van der Waals surface area contributed by atoms with Crippen molar-refractivity contribution < 1.29 is 18.7 Å². The number of amides is 1. The normalized spacial score (nSPS) is 15.0. The molecule has 1 fully saturated rings. The summed E-state index contributed by atoms with van der Waals surface area (Å²) in [6.07, 6.45) is 1.67. The Balaban J connectivity index is 1.86. The van der Waals surface area contributed by atoms with E-state index in [1.807, 2.05) is 6.07 Å². The molecule has 26 heavy (non-hydrogen) atoms. The number of thiocarbonyl (C=S) groups is 1. The molecule has 2 aromatic rings. The molecule has 1 aliphatic heterocycles. The molecule has 0 atom stereocenters. The van der Waals surface area contributed by atoms with Crippen LogP contribution in [0.4, 0.5) is 4.39 Å². The van der Waals surface area contributed by atoms with Crippen molar-refractivity contribution in [1.82, 2.24) is 10.6 Å². The molecule has 134 valence electrons. The third-order valence-electron chi connectivity index (χ3n) is 3.61. The number of hydrogen-bond acceptors (Lipinski definition) is 4. The van der Waals surface area contributed by atoms with Gasteiger partial charge in [0.1, 0.15) is 18.1 Å². The van der Waals surface area contributed by atoms with E-state index < -0.39 is 0 Å². The van der Waals surface area contributed by atoms with E-state index in [-0.39, 0.29) is 23.4 Å². The predicted octanol–water partition coefficient (Wildman–Crippen LogP) is 3.36. The Kier molecular flexibility index (Phi) is 5.72. The van der Waals surface area contributed by atoms with Crippen molar-refractivity contribution in [3.63, 3.8) is 0 Å². The second-order valence-corrected chi connectivity index (χ2v) is 6.95. The summed E-state index contributed by atoms with van der Waals surface area (Å²) in [7, 11) is 1.52. The maximum Gasteiger partial charge on any atom is 0.273 e. The molecule has 1 aliphatic rings. The van der Waals surface area contributed by atoms with Crippen LogP contribution < -0.4 is 20.1 Å². The molecule has 0 spiro atoms. The largest absolute Gasteiger partial charge is 0.493 e. The van der Waals surface area contributed by atoms with Gasteiger partial charge in [0, 0.05) is 5.56 Å². The Bertz CT molecular complexity index is 917. The molecule has 0 saturated carbocycles. The summed E-state index contributed by atoms with van der Waals surface area (Å²) >= 11 is 7.02. The van der Waals surface area contributed by atoms with Crippen LogP contribution in [0.2, 0.25) is 0 Å². The summed E-state index contributed by atoms with van der Waals surface area (Å²) in [5.41, 5.74) is 1.55. The van der Waals surface area contributed by atoms with Crippen molar-refractivity contribution in [1.29, 1.82) is 0 Å². The standard InChI is InChI=1S/C18H14FIN2O3S/c1-24-15-8-10(7-14-17(23)22-18(26)21-14)6-13(20)16(15)25-9-11-4-2-3-5-12(11)19/h2-8H,9H2,1H3,(H2,21,22,23,26)/b14-7+. The Morgan fingerprint density at radius 1 is 1.27 bits per heavy atom. The van der Waals surface area contributed by atoms with Gasteiger partial charge in [0.2, 0.25) is 0 Å². The lowest BCUT2D eigenvalue weighted by Gasteiger charge is -2.14. The quantitative estimate of drug-likeness (QED) is 0.388. The maximum absolute atomic E-state index is 13.8. The van der Waals surface area contributed by atoms with Gasteiger partial charge in [0.15, 0.2) is 16.6 Å². The van der Waals surface area contributed by atoms with Gasteiger partial charge in [-0.15, -0.1) is 0 Å². The monoisotopic (exact) mass is 484 g/mol. The third kappa shape index (κ3) is 4.13. The van der Waals surface area contributed by atoms with Gasteiger partial charge in [-0.05, 0) is 64.6 Å². The van der Waals surface area contributed by atoms with Crippen molar-refractivity contribution in [2.24, 2.45) is 0 Å². The average molecular weight is 484 g/mol. The predicted molar refractivity (Wildman–Crippen MR) is 108 cm³/mol. The highest BCUT2D eigenvalue weighted by Crippen LogP contribution is 2.35. The van der Waals surface area contributed by atoms with Gasteiger partial charge in [-0.3, -0.25) is 10.1 Å². The fourth-order valence-corrected chi connectivity index (χ4v) is 3.36. The van der Waals surface area contributed by atoms with Gasteiger partial charge < -0.3 is 14.8 Å². The molecule has 0 bridgehead atoms. The van der Waals surface area contributed by atoms with E-state index in [0.29, 0.717) is 22.8 Å². The molecule has 8 heteroatoms. The second-order valence-electron chi connectivity index (χ2n) is 5.38. The first-order valence-corrected chi connectivity index (χ1v) is 9.04. The smallest absolute Gasteiger partial charge is 0.273 e. The first-order chi connectivity index (χ1) is 12.5. The van der Waals surface area contributed by atoms with E-state index >= 15 is 0 Å². The minimum absolute atomic E-state index is 0.0811. The summed E-state index contributed by atoms with van der Waals surface area (Å²) in [6.45, 7) is 0.0811. The number of methoxy groups -OCH3 is 1. The molecule has 0 aromatic heterocycles. The molecule has 1 saturated heterocycles. The van der Waals surface area contributed by atoms with E-state index in [9.17, 15) is 9.18 Å². The number of rotatable bonds is 5. The van der Waals surface area contributed by atoms with Gasteiger partial charge in [0.05, 0.1) is 10.7 Å². The Hall–Kier alpha value is -2.20. The molecule has 1 heterocycles. The van der Waals surface area contributed by atoms with Crippen LogP contribution >= 0.6 is 34.8 Å². The maximum atomic E-state index is 13.8. The molecule has 0 radical (unpaired) electrons. The zero-order chi connectivity index (χ0) is 18.7. The molecular formula is C18H14FIN2O3S. The van der Waals surface area contributed by atoms with Gasteiger partial charge in [-0.1, -0.05) is 18.2 Å². The minimum Gasteiger partial charge on any atom is -0.493 e. The second kappa shape index (κ2) is 8.00.